The summed E-state index contributed by atoms with van der Waals surface area (Å²) in [5, 5.41) is 2.73. The van der Waals surface area contributed by atoms with Crippen LogP contribution in [0.15, 0.2) is 30.3 Å². The van der Waals surface area contributed by atoms with Crippen molar-refractivity contribution in [3.8, 4) is 0 Å². The minimum absolute atomic E-state index is 0.0378. The second-order valence-corrected chi connectivity index (χ2v) is 7.42. The van der Waals surface area contributed by atoms with Gasteiger partial charge in [0, 0.05) is 31.5 Å². The van der Waals surface area contributed by atoms with Gasteiger partial charge in [0.15, 0.2) is 0 Å². The lowest BCUT2D eigenvalue weighted by Crippen LogP contribution is -2.76. The van der Waals surface area contributed by atoms with Gasteiger partial charge in [0.2, 0.25) is 11.8 Å². The maximum Gasteiger partial charge on any atom is 0.242 e. The summed E-state index contributed by atoms with van der Waals surface area (Å²) >= 11 is 0. The van der Waals surface area contributed by atoms with Gasteiger partial charge in [0.25, 0.3) is 0 Å². The van der Waals surface area contributed by atoms with Crippen molar-refractivity contribution >= 4 is 11.8 Å². The highest BCUT2D eigenvalue weighted by Gasteiger charge is 2.62. The SMILES string of the molecule is CCOC1CC(N)(C(=O)NCC(=O)N(CC)Cc2ccccc2)C1(C)C. The van der Waals surface area contributed by atoms with E-state index >= 15 is 0 Å². The summed E-state index contributed by atoms with van der Waals surface area (Å²) in [5.41, 5.74) is 5.93. The number of nitrogens with two attached hydrogens (primary N) is 1. The van der Waals surface area contributed by atoms with Gasteiger partial charge in [-0.15, -0.1) is 0 Å². The number of nitrogens with zero attached hydrogens (tertiary/aromatic N) is 1. The van der Waals surface area contributed by atoms with E-state index in [9.17, 15) is 9.59 Å². The van der Waals surface area contributed by atoms with Gasteiger partial charge in [-0.1, -0.05) is 44.2 Å². The largest absolute Gasteiger partial charge is 0.378 e. The third-order valence-electron chi connectivity index (χ3n) is 5.59. The lowest BCUT2D eigenvalue weighted by Gasteiger charge is -2.57. The molecule has 2 unspecified atom stereocenters. The molecule has 26 heavy (non-hydrogen) atoms. The second-order valence-electron chi connectivity index (χ2n) is 7.42. The van der Waals surface area contributed by atoms with Crippen LogP contribution < -0.4 is 11.1 Å². The molecule has 1 aliphatic rings. The number of hydrogen-bond acceptors (Lipinski definition) is 4. The Morgan fingerprint density at radius 2 is 1.92 bits per heavy atom. The normalized spacial score (nSPS) is 23.8. The van der Waals surface area contributed by atoms with Gasteiger partial charge in [0.1, 0.15) is 5.54 Å². The number of carbonyl (C=O) groups is 2. The molecule has 1 aromatic carbocycles. The average molecular weight is 361 g/mol. The van der Waals surface area contributed by atoms with E-state index in [0.29, 0.717) is 26.1 Å². The van der Waals surface area contributed by atoms with E-state index in [4.69, 9.17) is 10.5 Å². The van der Waals surface area contributed by atoms with E-state index in [0.717, 1.165) is 5.56 Å². The Labute approximate surface area is 156 Å². The standard InChI is InChI=1S/C20H31N3O3/c1-5-23(14-15-10-8-7-9-11-15)17(24)13-22-18(25)20(21)12-16(26-6-2)19(20,3)4/h7-11,16H,5-6,12-14,21H2,1-4H3,(H,22,25). The first kappa shape index (κ1) is 20.4. The van der Waals surface area contributed by atoms with Crippen LogP contribution in [0.25, 0.3) is 0 Å². The zero-order chi connectivity index (χ0) is 19.4. The molecule has 0 saturated heterocycles. The van der Waals surface area contributed by atoms with Crippen LogP contribution in [0.1, 0.15) is 39.7 Å². The average Bonchev–Trinajstić information content (AvgIpc) is 2.64. The summed E-state index contributed by atoms with van der Waals surface area (Å²) in [6.07, 6.45) is 0.430. The molecule has 2 atom stereocenters. The predicted octanol–water partition coefficient (Wildman–Crippen LogP) is 1.68. The molecule has 0 aliphatic heterocycles. The fraction of sp³-hybridized carbons (Fsp3) is 0.600. The number of hydrogen-bond donors (Lipinski definition) is 2. The van der Waals surface area contributed by atoms with Crippen molar-refractivity contribution in [2.45, 2.75) is 52.3 Å². The van der Waals surface area contributed by atoms with Crippen LogP contribution >= 0.6 is 0 Å². The molecule has 2 amide bonds. The number of likely N-dealkylation sites (N-methyl/N-ethyl adjacent to an activating group) is 1. The van der Waals surface area contributed by atoms with Crippen molar-refractivity contribution in [3.63, 3.8) is 0 Å². The van der Waals surface area contributed by atoms with Crippen LogP contribution in [-0.4, -0.2) is 48.1 Å². The molecule has 2 rings (SSSR count). The second kappa shape index (κ2) is 8.18. The Morgan fingerprint density at radius 1 is 1.27 bits per heavy atom. The number of carbonyl (C=O) groups excluding carboxylic acids is 2. The summed E-state index contributed by atoms with van der Waals surface area (Å²) < 4.78 is 5.65. The number of rotatable bonds is 8. The van der Waals surface area contributed by atoms with E-state index < -0.39 is 11.0 Å². The van der Waals surface area contributed by atoms with Crippen molar-refractivity contribution in [2.24, 2.45) is 11.1 Å². The zero-order valence-electron chi connectivity index (χ0n) is 16.2. The molecule has 1 aliphatic carbocycles. The van der Waals surface area contributed by atoms with Gasteiger partial charge in [-0.3, -0.25) is 9.59 Å². The van der Waals surface area contributed by atoms with Gasteiger partial charge in [-0.2, -0.15) is 0 Å². The highest BCUT2D eigenvalue weighted by molar-refractivity contribution is 5.92. The number of nitrogens with one attached hydrogen (secondary N) is 1. The Hall–Kier alpha value is -1.92. The van der Waals surface area contributed by atoms with Crippen molar-refractivity contribution in [2.75, 3.05) is 19.7 Å². The number of benzene rings is 1. The molecule has 144 valence electrons. The van der Waals surface area contributed by atoms with E-state index in [-0.39, 0.29) is 24.5 Å². The summed E-state index contributed by atoms with van der Waals surface area (Å²) in [6, 6.07) is 9.79. The molecular weight excluding hydrogens is 330 g/mol. The van der Waals surface area contributed by atoms with Crippen LogP contribution in [0.2, 0.25) is 0 Å². The molecule has 3 N–H and O–H groups in total. The monoisotopic (exact) mass is 361 g/mol. The Bertz CT molecular complexity index is 632. The summed E-state index contributed by atoms with van der Waals surface area (Å²) in [4.78, 5) is 26.8. The highest BCUT2D eigenvalue weighted by atomic mass is 16.5. The minimum atomic E-state index is -1.01. The highest BCUT2D eigenvalue weighted by Crippen LogP contribution is 2.49. The van der Waals surface area contributed by atoms with Crippen LogP contribution in [0.5, 0.6) is 0 Å². The molecule has 0 bridgehead atoms. The quantitative estimate of drug-likeness (QED) is 0.738. The van der Waals surface area contributed by atoms with Gasteiger partial charge in [0.05, 0.1) is 12.6 Å². The lowest BCUT2D eigenvalue weighted by atomic mass is 9.54. The maximum atomic E-state index is 12.6. The smallest absolute Gasteiger partial charge is 0.242 e. The molecule has 6 heteroatoms. The first-order chi connectivity index (χ1) is 12.3. The lowest BCUT2D eigenvalue weighted by molar-refractivity contribution is -0.171. The van der Waals surface area contributed by atoms with Crippen LogP contribution in [0.4, 0.5) is 0 Å². The van der Waals surface area contributed by atoms with Crippen molar-refractivity contribution in [3.05, 3.63) is 35.9 Å². The van der Waals surface area contributed by atoms with E-state index in [2.05, 4.69) is 5.32 Å². The van der Waals surface area contributed by atoms with Crippen molar-refractivity contribution < 1.29 is 14.3 Å². The fourth-order valence-electron chi connectivity index (χ4n) is 3.43. The van der Waals surface area contributed by atoms with Gasteiger partial charge < -0.3 is 20.7 Å². The third kappa shape index (κ3) is 3.91. The first-order valence-corrected chi connectivity index (χ1v) is 9.26. The molecule has 0 aromatic heterocycles. The summed E-state index contributed by atoms with van der Waals surface area (Å²) in [7, 11) is 0. The maximum absolute atomic E-state index is 12.6. The van der Waals surface area contributed by atoms with E-state index in [1.165, 1.54) is 0 Å². The molecule has 0 radical (unpaired) electrons. The van der Waals surface area contributed by atoms with Crippen molar-refractivity contribution in [1.82, 2.24) is 10.2 Å². The van der Waals surface area contributed by atoms with Crippen LogP contribution in [-0.2, 0) is 20.9 Å². The third-order valence-corrected chi connectivity index (χ3v) is 5.59. The van der Waals surface area contributed by atoms with E-state index in [1.54, 1.807) is 4.90 Å². The molecular formula is C20H31N3O3. The Morgan fingerprint density at radius 3 is 2.46 bits per heavy atom. The first-order valence-electron chi connectivity index (χ1n) is 9.26. The fourth-order valence-corrected chi connectivity index (χ4v) is 3.43. The molecule has 1 aromatic rings. The van der Waals surface area contributed by atoms with Crippen LogP contribution in [0.3, 0.4) is 0 Å². The van der Waals surface area contributed by atoms with Gasteiger partial charge >= 0.3 is 0 Å². The van der Waals surface area contributed by atoms with Crippen molar-refractivity contribution in [1.29, 1.82) is 0 Å². The zero-order valence-corrected chi connectivity index (χ0v) is 16.2. The topological polar surface area (TPSA) is 84.7 Å². The minimum Gasteiger partial charge on any atom is -0.378 e. The summed E-state index contributed by atoms with van der Waals surface area (Å²) in [6.45, 7) is 9.38. The number of ether oxygens (including phenoxy) is 1. The molecule has 0 spiro atoms. The van der Waals surface area contributed by atoms with Gasteiger partial charge in [-0.25, -0.2) is 0 Å². The Kier molecular flexibility index (Phi) is 6.42. The molecule has 0 heterocycles. The molecule has 6 nitrogen and oxygen atoms in total. The van der Waals surface area contributed by atoms with E-state index in [1.807, 2.05) is 58.0 Å². The molecule has 1 saturated carbocycles. The Balaban J connectivity index is 1.91. The van der Waals surface area contributed by atoms with Crippen LogP contribution in [0, 0.1) is 5.41 Å². The summed E-state index contributed by atoms with van der Waals surface area (Å²) in [5.74, 6) is -0.408. The number of amides is 2. The predicted molar refractivity (Wildman–Crippen MR) is 101 cm³/mol. The van der Waals surface area contributed by atoms with Gasteiger partial charge in [-0.05, 0) is 19.4 Å². The molecule has 1 fully saturated rings.